The molecule has 0 fully saturated rings. The van der Waals surface area contributed by atoms with Gasteiger partial charge in [-0.15, -0.1) is 12.8 Å². The molecule has 0 saturated heterocycles. The molecule has 0 unspecified atom stereocenters. The summed E-state index contributed by atoms with van der Waals surface area (Å²) >= 11 is 12.1. The quantitative estimate of drug-likeness (QED) is 0.312. The SMILES string of the molecule is C#C.CCN(CCCn1ccnc1)C(=O)OCCN(c1cc(Cl)ccc1CO)S(=O)(=O)c1ccc(Cl)cc1. The molecule has 0 bridgehead atoms. The van der Waals surface area contributed by atoms with E-state index in [4.69, 9.17) is 27.9 Å². The summed E-state index contributed by atoms with van der Waals surface area (Å²) in [5.74, 6) is 0. The van der Waals surface area contributed by atoms with Crippen LogP contribution in [0.1, 0.15) is 18.9 Å². The number of imidazole rings is 1. The van der Waals surface area contributed by atoms with Crippen LogP contribution >= 0.6 is 23.2 Å². The number of sulfonamides is 1. The Kier molecular flexibility index (Phi) is 12.4. The van der Waals surface area contributed by atoms with Crippen molar-refractivity contribution in [3.8, 4) is 12.8 Å². The van der Waals surface area contributed by atoms with Gasteiger partial charge in [0.15, 0.2) is 0 Å². The molecular formula is C26H30Cl2N4O5S. The fourth-order valence-corrected chi connectivity index (χ4v) is 5.33. The standard InChI is InChI=1S/C24H28Cl2N4O5S.C2H2/c1-2-29(12-3-11-28-13-10-27-18-28)24(32)35-15-14-30(23-16-21(26)5-4-19(23)17-31)36(33,34)22-8-6-20(25)7-9-22;1-2/h4-10,13,16,18,31H,2-3,11-12,14-15,17H2,1H3;1-2H. The van der Waals surface area contributed by atoms with Gasteiger partial charge >= 0.3 is 6.09 Å². The van der Waals surface area contributed by atoms with E-state index in [1.165, 1.54) is 30.3 Å². The second-order valence-corrected chi connectivity index (χ2v) is 10.5. The number of aliphatic hydroxyl groups is 1. The van der Waals surface area contributed by atoms with Crippen molar-refractivity contribution in [1.82, 2.24) is 14.5 Å². The van der Waals surface area contributed by atoms with E-state index in [2.05, 4.69) is 17.8 Å². The van der Waals surface area contributed by atoms with Gasteiger partial charge < -0.3 is 19.3 Å². The van der Waals surface area contributed by atoms with Gasteiger partial charge in [0.1, 0.15) is 6.61 Å². The molecule has 0 radical (unpaired) electrons. The molecule has 1 N–H and O–H groups in total. The summed E-state index contributed by atoms with van der Waals surface area (Å²) in [6.45, 7) is 2.67. The predicted molar refractivity (Wildman–Crippen MR) is 149 cm³/mol. The first-order valence-electron chi connectivity index (χ1n) is 11.6. The average molecular weight is 582 g/mol. The van der Waals surface area contributed by atoms with Crippen LogP contribution in [-0.2, 0) is 27.9 Å². The lowest BCUT2D eigenvalue weighted by atomic mass is 10.2. The zero-order chi connectivity index (χ0) is 28.1. The number of aryl methyl sites for hydroxylation is 1. The van der Waals surface area contributed by atoms with E-state index in [0.717, 1.165) is 4.31 Å². The molecule has 12 heteroatoms. The molecule has 0 spiro atoms. The van der Waals surface area contributed by atoms with Gasteiger partial charge in [-0.25, -0.2) is 18.2 Å². The van der Waals surface area contributed by atoms with Crippen LogP contribution in [0, 0.1) is 12.8 Å². The largest absolute Gasteiger partial charge is 0.447 e. The minimum Gasteiger partial charge on any atom is -0.447 e. The minimum absolute atomic E-state index is 0.00298. The maximum Gasteiger partial charge on any atom is 0.409 e. The van der Waals surface area contributed by atoms with E-state index in [0.29, 0.717) is 41.7 Å². The molecule has 0 aliphatic rings. The highest BCUT2D eigenvalue weighted by Gasteiger charge is 2.27. The third-order valence-corrected chi connectivity index (χ3v) is 7.77. The summed E-state index contributed by atoms with van der Waals surface area (Å²) < 4.78 is 35.5. The maximum absolute atomic E-state index is 13.5. The number of aromatic nitrogens is 2. The van der Waals surface area contributed by atoms with Crippen LogP contribution in [0.2, 0.25) is 10.0 Å². The molecule has 204 valence electrons. The number of ether oxygens (including phenoxy) is 1. The fourth-order valence-electron chi connectivity index (χ4n) is 3.56. The number of benzene rings is 2. The Morgan fingerprint density at radius 2 is 1.79 bits per heavy atom. The van der Waals surface area contributed by atoms with Crippen LogP contribution in [0.15, 0.2) is 66.1 Å². The fraction of sp³-hybridized carbons (Fsp3) is 0.308. The van der Waals surface area contributed by atoms with Gasteiger partial charge in [-0.05, 0) is 49.7 Å². The van der Waals surface area contributed by atoms with Crippen LogP contribution < -0.4 is 4.31 Å². The number of hydrogen-bond acceptors (Lipinski definition) is 6. The van der Waals surface area contributed by atoms with Crippen molar-refractivity contribution < 1.29 is 23.1 Å². The van der Waals surface area contributed by atoms with E-state index in [1.54, 1.807) is 29.6 Å². The Balaban J connectivity index is 0.00000247. The number of carbonyl (C=O) groups is 1. The Bertz CT molecular complexity index is 1280. The molecule has 1 amide bonds. The molecule has 0 aliphatic heterocycles. The summed E-state index contributed by atoms with van der Waals surface area (Å²) in [5.41, 5.74) is 0.557. The van der Waals surface area contributed by atoms with E-state index < -0.39 is 22.7 Å². The Morgan fingerprint density at radius 3 is 2.39 bits per heavy atom. The summed E-state index contributed by atoms with van der Waals surface area (Å²) in [5, 5.41) is 10.5. The molecule has 0 atom stereocenters. The predicted octanol–water partition coefficient (Wildman–Crippen LogP) is 4.68. The normalized spacial score (nSPS) is 10.8. The summed E-state index contributed by atoms with van der Waals surface area (Å²) in [6.07, 6.45) is 13.4. The van der Waals surface area contributed by atoms with Crippen molar-refractivity contribution >= 4 is 45.0 Å². The summed E-state index contributed by atoms with van der Waals surface area (Å²) in [7, 11) is -4.09. The first kappa shape index (κ1) is 31.0. The molecule has 3 rings (SSSR count). The zero-order valence-electron chi connectivity index (χ0n) is 20.9. The van der Waals surface area contributed by atoms with Crippen LogP contribution in [0.25, 0.3) is 0 Å². The highest BCUT2D eigenvalue weighted by Crippen LogP contribution is 2.30. The third-order valence-electron chi connectivity index (χ3n) is 5.45. The van der Waals surface area contributed by atoms with Crippen molar-refractivity contribution in [2.24, 2.45) is 0 Å². The number of hydrogen-bond donors (Lipinski definition) is 1. The van der Waals surface area contributed by atoms with E-state index >= 15 is 0 Å². The van der Waals surface area contributed by atoms with Gasteiger partial charge in [0.05, 0.1) is 30.1 Å². The first-order chi connectivity index (χ1) is 18.3. The second kappa shape index (κ2) is 15.2. The van der Waals surface area contributed by atoms with Gasteiger partial charge in [-0.3, -0.25) is 4.31 Å². The van der Waals surface area contributed by atoms with Crippen LogP contribution in [0.3, 0.4) is 0 Å². The van der Waals surface area contributed by atoms with Crippen LogP contribution in [0.4, 0.5) is 10.5 Å². The van der Waals surface area contributed by atoms with Gasteiger partial charge in [0.25, 0.3) is 10.0 Å². The molecule has 1 aromatic heterocycles. The number of terminal acetylenes is 1. The average Bonchev–Trinajstić information content (AvgIpc) is 3.44. The number of aliphatic hydroxyl groups excluding tert-OH is 1. The number of carbonyl (C=O) groups excluding carboxylic acids is 1. The number of nitrogens with zero attached hydrogens (tertiary/aromatic N) is 4. The van der Waals surface area contributed by atoms with Crippen molar-refractivity contribution in [2.45, 2.75) is 31.4 Å². The molecular weight excluding hydrogens is 551 g/mol. The molecule has 9 nitrogen and oxygen atoms in total. The minimum atomic E-state index is -4.09. The van der Waals surface area contributed by atoms with Crippen molar-refractivity contribution in [3.05, 3.63) is 76.8 Å². The monoisotopic (exact) mass is 580 g/mol. The van der Waals surface area contributed by atoms with E-state index in [-0.39, 0.29) is 23.7 Å². The summed E-state index contributed by atoms with van der Waals surface area (Å²) in [6, 6.07) is 10.3. The van der Waals surface area contributed by atoms with Crippen molar-refractivity contribution in [2.75, 3.05) is 30.5 Å². The van der Waals surface area contributed by atoms with Crippen LogP contribution in [-0.4, -0.2) is 60.3 Å². The number of rotatable bonds is 12. The summed E-state index contributed by atoms with van der Waals surface area (Å²) in [4.78, 5) is 18.2. The number of anilines is 1. The smallest absolute Gasteiger partial charge is 0.409 e. The molecule has 2 aromatic carbocycles. The van der Waals surface area contributed by atoms with Gasteiger partial charge in [-0.2, -0.15) is 0 Å². The van der Waals surface area contributed by atoms with Crippen molar-refractivity contribution in [1.29, 1.82) is 0 Å². The van der Waals surface area contributed by atoms with E-state index in [1.807, 2.05) is 17.7 Å². The second-order valence-electron chi connectivity index (χ2n) is 7.81. The molecule has 0 saturated carbocycles. The van der Waals surface area contributed by atoms with E-state index in [9.17, 15) is 18.3 Å². The molecule has 1 heterocycles. The van der Waals surface area contributed by atoms with Gasteiger partial charge in [0, 0.05) is 47.6 Å². The lowest BCUT2D eigenvalue weighted by Gasteiger charge is -2.27. The Morgan fingerprint density at radius 1 is 1.11 bits per heavy atom. The van der Waals surface area contributed by atoms with Gasteiger partial charge in [-0.1, -0.05) is 29.3 Å². The first-order valence-corrected chi connectivity index (χ1v) is 13.8. The number of amides is 1. The Hall–Kier alpha value is -3.23. The third kappa shape index (κ3) is 8.39. The topological polar surface area (TPSA) is 105 Å². The number of halogens is 2. The molecule has 0 aliphatic carbocycles. The van der Waals surface area contributed by atoms with Gasteiger partial charge in [0.2, 0.25) is 0 Å². The molecule has 3 aromatic rings. The molecule has 38 heavy (non-hydrogen) atoms. The Labute approximate surface area is 233 Å². The maximum atomic E-state index is 13.5. The van der Waals surface area contributed by atoms with Crippen molar-refractivity contribution in [3.63, 3.8) is 0 Å². The van der Waals surface area contributed by atoms with Crippen LogP contribution in [0.5, 0.6) is 0 Å². The lowest BCUT2D eigenvalue weighted by Crippen LogP contribution is -2.38. The highest BCUT2D eigenvalue weighted by molar-refractivity contribution is 7.92. The zero-order valence-corrected chi connectivity index (χ0v) is 23.2. The lowest BCUT2D eigenvalue weighted by molar-refractivity contribution is 0.106. The highest BCUT2D eigenvalue weighted by atomic mass is 35.5.